The van der Waals surface area contributed by atoms with Gasteiger partial charge in [-0.15, -0.1) is 0 Å². The summed E-state index contributed by atoms with van der Waals surface area (Å²) in [6.07, 6.45) is 2.46. The number of hydrogen-bond acceptors (Lipinski definition) is 3. The summed E-state index contributed by atoms with van der Waals surface area (Å²) in [4.78, 5) is 0. The Kier molecular flexibility index (Phi) is 3.89. The summed E-state index contributed by atoms with van der Waals surface area (Å²) in [6.45, 7) is 3.41. The third kappa shape index (κ3) is 2.72. The second-order valence-corrected chi connectivity index (χ2v) is 4.75. The first kappa shape index (κ1) is 12.2. The molecular weight excluding hydrogens is 214 g/mol. The van der Waals surface area contributed by atoms with Crippen molar-refractivity contribution in [3.8, 4) is 11.5 Å². The van der Waals surface area contributed by atoms with Crippen molar-refractivity contribution >= 4 is 0 Å². The Morgan fingerprint density at radius 1 is 1.18 bits per heavy atom. The smallest absolute Gasteiger partial charge is 0.161 e. The van der Waals surface area contributed by atoms with Crippen LogP contribution in [-0.2, 0) is 0 Å². The normalized spacial score (nSPS) is 24.4. The summed E-state index contributed by atoms with van der Waals surface area (Å²) in [7, 11) is 3.34. The van der Waals surface area contributed by atoms with Gasteiger partial charge in [-0.1, -0.05) is 13.0 Å². The quantitative estimate of drug-likeness (QED) is 0.874. The van der Waals surface area contributed by atoms with Crippen LogP contribution in [0.2, 0.25) is 0 Å². The molecule has 1 aliphatic rings. The second-order valence-electron chi connectivity index (χ2n) is 4.75. The van der Waals surface area contributed by atoms with E-state index in [9.17, 15) is 0 Å². The van der Waals surface area contributed by atoms with Gasteiger partial charge in [0, 0.05) is 6.04 Å². The van der Waals surface area contributed by atoms with Gasteiger partial charge < -0.3 is 14.8 Å². The zero-order valence-electron chi connectivity index (χ0n) is 10.8. The lowest BCUT2D eigenvalue weighted by atomic mass is 9.90. The Bertz CT molecular complexity index is 378. The van der Waals surface area contributed by atoms with Crippen molar-refractivity contribution < 1.29 is 9.47 Å². The molecule has 0 bridgehead atoms. The molecule has 1 aromatic rings. The van der Waals surface area contributed by atoms with Crippen LogP contribution in [0.4, 0.5) is 0 Å². The standard InChI is InChI=1S/C14H21NO2/c1-10-6-7-15-12(8-10)11-4-5-13(16-2)14(9-11)17-3/h4-5,9-10,12,15H,6-8H2,1-3H3. The van der Waals surface area contributed by atoms with E-state index in [-0.39, 0.29) is 0 Å². The Hall–Kier alpha value is -1.22. The molecule has 0 spiro atoms. The largest absolute Gasteiger partial charge is 0.493 e. The van der Waals surface area contributed by atoms with Crippen molar-refractivity contribution in [2.75, 3.05) is 20.8 Å². The summed E-state index contributed by atoms with van der Waals surface area (Å²) < 4.78 is 10.6. The molecule has 0 saturated carbocycles. The molecule has 17 heavy (non-hydrogen) atoms. The van der Waals surface area contributed by atoms with Crippen LogP contribution >= 0.6 is 0 Å². The van der Waals surface area contributed by atoms with Gasteiger partial charge in [0.15, 0.2) is 11.5 Å². The van der Waals surface area contributed by atoms with Crippen LogP contribution in [-0.4, -0.2) is 20.8 Å². The molecule has 1 fully saturated rings. The van der Waals surface area contributed by atoms with Crippen molar-refractivity contribution in [1.82, 2.24) is 5.32 Å². The lowest BCUT2D eigenvalue weighted by Gasteiger charge is -2.28. The minimum absolute atomic E-state index is 0.443. The summed E-state index contributed by atoms with van der Waals surface area (Å²) in [6, 6.07) is 6.62. The molecule has 0 aliphatic carbocycles. The van der Waals surface area contributed by atoms with E-state index in [0.717, 1.165) is 24.0 Å². The fraction of sp³-hybridized carbons (Fsp3) is 0.571. The van der Waals surface area contributed by atoms with Gasteiger partial charge in [-0.25, -0.2) is 0 Å². The van der Waals surface area contributed by atoms with Crippen molar-refractivity contribution in [2.45, 2.75) is 25.8 Å². The average molecular weight is 235 g/mol. The molecule has 1 aromatic carbocycles. The molecule has 1 heterocycles. The summed E-state index contributed by atoms with van der Waals surface area (Å²) in [5.41, 5.74) is 1.29. The first-order valence-corrected chi connectivity index (χ1v) is 6.20. The first-order chi connectivity index (χ1) is 8.24. The SMILES string of the molecule is COc1ccc(C2CC(C)CCN2)cc1OC. The lowest BCUT2D eigenvalue weighted by molar-refractivity contribution is 0.322. The summed E-state index contributed by atoms with van der Waals surface area (Å²) in [5, 5.41) is 3.56. The third-order valence-electron chi connectivity index (χ3n) is 3.48. The van der Waals surface area contributed by atoms with Crippen LogP contribution in [0, 0.1) is 5.92 Å². The molecule has 94 valence electrons. The van der Waals surface area contributed by atoms with Crippen molar-refractivity contribution in [3.63, 3.8) is 0 Å². The van der Waals surface area contributed by atoms with Gasteiger partial charge in [0.2, 0.25) is 0 Å². The molecule has 1 saturated heterocycles. The highest BCUT2D eigenvalue weighted by Gasteiger charge is 2.20. The average Bonchev–Trinajstić information content (AvgIpc) is 2.38. The maximum Gasteiger partial charge on any atom is 0.161 e. The molecule has 0 amide bonds. The fourth-order valence-corrected chi connectivity index (χ4v) is 2.43. The van der Waals surface area contributed by atoms with Crippen LogP contribution in [0.3, 0.4) is 0 Å². The zero-order chi connectivity index (χ0) is 12.3. The molecule has 2 atom stereocenters. The van der Waals surface area contributed by atoms with E-state index < -0.39 is 0 Å². The van der Waals surface area contributed by atoms with Crippen molar-refractivity contribution in [3.05, 3.63) is 23.8 Å². The number of rotatable bonds is 3. The van der Waals surface area contributed by atoms with Gasteiger partial charge in [0.25, 0.3) is 0 Å². The van der Waals surface area contributed by atoms with Crippen LogP contribution in [0.1, 0.15) is 31.4 Å². The number of nitrogens with one attached hydrogen (secondary N) is 1. The predicted octanol–water partition coefficient (Wildman–Crippen LogP) is 2.76. The minimum atomic E-state index is 0.443. The third-order valence-corrected chi connectivity index (χ3v) is 3.48. The highest BCUT2D eigenvalue weighted by Crippen LogP contribution is 2.33. The molecule has 3 heteroatoms. The van der Waals surface area contributed by atoms with Crippen LogP contribution in [0.15, 0.2) is 18.2 Å². The predicted molar refractivity (Wildman–Crippen MR) is 68.7 cm³/mol. The van der Waals surface area contributed by atoms with Crippen LogP contribution in [0.25, 0.3) is 0 Å². The Labute approximate surface area is 103 Å². The Morgan fingerprint density at radius 3 is 2.59 bits per heavy atom. The van der Waals surface area contributed by atoms with E-state index in [1.54, 1.807) is 14.2 Å². The van der Waals surface area contributed by atoms with E-state index in [0.29, 0.717) is 6.04 Å². The molecule has 0 radical (unpaired) electrons. The molecule has 3 nitrogen and oxygen atoms in total. The van der Waals surface area contributed by atoms with E-state index in [4.69, 9.17) is 9.47 Å². The van der Waals surface area contributed by atoms with E-state index in [2.05, 4.69) is 24.4 Å². The van der Waals surface area contributed by atoms with Gasteiger partial charge in [-0.2, -0.15) is 0 Å². The molecular formula is C14H21NO2. The Morgan fingerprint density at radius 2 is 1.94 bits per heavy atom. The molecule has 0 aromatic heterocycles. The van der Waals surface area contributed by atoms with Crippen molar-refractivity contribution in [1.29, 1.82) is 0 Å². The van der Waals surface area contributed by atoms with Crippen LogP contribution in [0.5, 0.6) is 11.5 Å². The van der Waals surface area contributed by atoms with Crippen LogP contribution < -0.4 is 14.8 Å². The zero-order valence-corrected chi connectivity index (χ0v) is 10.8. The number of piperidine rings is 1. The van der Waals surface area contributed by atoms with Gasteiger partial charge in [0.1, 0.15) is 0 Å². The van der Waals surface area contributed by atoms with Gasteiger partial charge in [-0.05, 0) is 43.0 Å². The maximum atomic E-state index is 5.34. The number of benzene rings is 1. The highest BCUT2D eigenvalue weighted by atomic mass is 16.5. The fourth-order valence-electron chi connectivity index (χ4n) is 2.43. The second kappa shape index (κ2) is 5.41. The molecule has 1 aliphatic heterocycles. The topological polar surface area (TPSA) is 30.5 Å². The molecule has 1 N–H and O–H groups in total. The minimum Gasteiger partial charge on any atom is -0.493 e. The van der Waals surface area contributed by atoms with Gasteiger partial charge in [0.05, 0.1) is 14.2 Å². The maximum absolute atomic E-state index is 5.34. The Balaban J connectivity index is 2.20. The summed E-state index contributed by atoms with van der Waals surface area (Å²) >= 11 is 0. The highest BCUT2D eigenvalue weighted by molar-refractivity contribution is 5.43. The van der Waals surface area contributed by atoms with E-state index in [1.807, 2.05) is 6.07 Å². The lowest BCUT2D eigenvalue weighted by Crippen LogP contribution is -2.30. The van der Waals surface area contributed by atoms with E-state index >= 15 is 0 Å². The molecule has 2 rings (SSSR count). The number of ether oxygens (including phenoxy) is 2. The number of methoxy groups -OCH3 is 2. The van der Waals surface area contributed by atoms with Gasteiger partial charge in [-0.3, -0.25) is 0 Å². The summed E-state index contributed by atoms with van der Waals surface area (Å²) in [5.74, 6) is 2.39. The monoisotopic (exact) mass is 235 g/mol. The van der Waals surface area contributed by atoms with Crippen molar-refractivity contribution in [2.24, 2.45) is 5.92 Å². The number of hydrogen-bond donors (Lipinski definition) is 1. The first-order valence-electron chi connectivity index (χ1n) is 6.20. The van der Waals surface area contributed by atoms with Gasteiger partial charge >= 0.3 is 0 Å². The molecule has 2 unspecified atom stereocenters. The van der Waals surface area contributed by atoms with E-state index in [1.165, 1.54) is 18.4 Å².